The van der Waals surface area contributed by atoms with Crippen LogP contribution in [0, 0.1) is 5.92 Å². The molecule has 0 aliphatic heterocycles. The average molecular weight is 202 g/mol. The summed E-state index contributed by atoms with van der Waals surface area (Å²) in [6, 6.07) is 0.483. The van der Waals surface area contributed by atoms with Crippen molar-refractivity contribution in [1.82, 2.24) is 10.6 Å². The van der Waals surface area contributed by atoms with Crippen LogP contribution in [0.4, 0.5) is 0 Å². The van der Waals surface area contributed by atoms with Crippen LogP contribution >= 0.6 is 12.2 Å². The molecule has 1 atom stereocenters. The molecule has 3 heteroatoms. The van der Waals surface area contributed by atoms with E-state index in [2.05, 4.69) is 38.3 Å². The van der Waals surface area contributed by atoms with Crippen LogP contribution in [-0.4, -0.2) is 17.7 Å². The molecule has 0 fully saturated rings. The van der Waals surface area contributed by atoms with Crippen LogP contribution in [0.3, 0.4) is 0 Å². The molecule has 0 saturated heterocycles. The summed E-state index contributed by atoms with van der Waals surface area (Å²) in [6.07, 6.45) is 2.37. The highest BCUT2D eigenvalue weighted by atomic mass is 32.1. The van der Waals surface area contributed by atoms with Crippen LogP contribution in [0.2, 0.25) is 0 Å². The molecule has 0 aromatic carbocycles. The molecule has 0 aromatic rings. The van der Waals surface area contributed by atoms with Gasteiger partial charge in [-0.2, -0.15) is 0 Å². The van der Waals surface area contributed by atoms with Crippen LogP contribution in [0.15, 0.2) is 0 Å². The predicted octanol–water partition coefficient (Wildman–Crippen LogP) is 2.30. The van der Waals surface area contributed by atoms with Crippen LogP contribution in [0.5, 0.6) is 0 Å². The van der Waals surface area contributed by atoms with Gasteiger partial charge < -0.3 is 10.6 Å². The highest BCUT2D eigenvalue weighted by Crippen LogP contribution is 1.94. The molecule has 13 heavy (non-hydrogen) atoms. The third-order valence-electron chi connectivity index (χ3n) is 1.77. The van der Waals surface area contributed by atoms with Gasteiger partial charge in [-0.05, 0) is 31.5 Å². The van der Waals surface area contributed by atoms with E-state index in [0.29, 0.717) is 12.0 Å². The van der Waals surface area contributed by atoms with Gasteiger partial charge in [-0.15, -0.1) is 0 Å². The Labute approximate surface area is 87.5 Å². The van der Waals surface area contributed by atoms with Crippen molar-refractivity contribution in [2.75, 3.05) is 6.54 Å². The molecule has 0 aliphatic rings. The minimum Gasteiger partial charge on any atom is -0.362 e. The van der Waals surface area contributed by atoms with Gasteiger partial charge in [0.25, 0.3) is 0 Å². The quantitative estimate of drug-likeness (QED) is 0.669. The molecule has 0 bridgehead atoms. The Hall–Kier alpha value is -0.310. The van der Waals surface area contributed by atoms with Crippen molar-refractivity contribution in [3.63, 3.8) is 0 Å². The molecule has 0 radical (unpaired) electrons. The van der Waals surface area contributed by atoms with Crippen molar-refractivity contribution in [2.24, 2.45) is 5.92 Å². The smallest absolute Gasteiger partial charge is 0.166 e. The summed E-state index contributed by atoms with van der Waals surface area (Å²) in [7, 11) is 0. The number of rotatable bonds is 5. The summed E-state index contributed by atoms with van der Waals surface area (Å²) in [5.74, 6) is 0.640. The largest absolute Gasteiger partial charge is 0.362 e. The molecule has 0 aromatic heterocycles. The first-order chi connectivity index (χ1) is 6.06. The minimum absolute atomic E-state index is 0.483. The fourth-order valence-corrected chi connectivity index (χ4v) is 1.36. The zero-order valence-electron chi connectivity index (χ0n) is 9.18. The van der Waals surface area contributed by atoms with E-state index >= 15 is 0 Å². The Morgan fingerprint density at radius 1 is 1.31 bits per heavy atom. The Morgan fingerprint density at radius 3 is 2.38 bits per heavy atom. The first-order valence-corrected chi connectivity index (χ1v) is 5.51. The van der Waals surface area contributed by atoms with Crippen molar-refractivity contribution in [2.45, 2.75) is 46.6 Å². The van der Waals surface area contributed by atoms with Crippen LogP contribution < -0.4 is 10.6 Å². The van der Waals surface area contributed by atoms with Gasteiger partial charge in [0.1, 0.15) is 0 Å². The van der Waals surface area contributed by atoms with Crippen molar-refractivity contribution < 1.29 is 0 Å². The van der Waals surface area contributed by atoms with Crippen LogP contribution in [0.25, 0.3) is 0 Å². The molecular weight excluding hydrogens is 180 g/mol. The van der Waals surface area contributed by atoms with Gasteiger partial charge in [0.05, 0.1) is 0 Å². The molecule has 2 N–H and O–H groups in total. The summed E-state index contributed by atoms with van der Waals surface area (Å²) in [6.45, 7) is 9.64. The first-order valence-electron chi connectivity index (χ1n) is 5.10. The standard InChI is InChI=1S/C10H22N2S/c1-5-6-9(4)12-10(13)11-7-8(2)3/h8-9H,5-7H2,1-4H3,(H2,11,12,13). The van der Waals surface area contributed by atoms with E-state index in [4.69, 9.17) is 12.2 Å². The Balaban J connectivity index is 3.50. The number of nitrogens with one attached hydrogen (secondary N) is 2. The summed E-state index contributed by atoms with van der Waals surface area (Å²) in [5, 5.41) is 7.23. The second kappa shape index (κ2) is 7.13. The van der Waals surface area contributed by atoms with E-state index in [1.165, 1.54) is 12.8 Å². The third kappa shape index (κ3) is 8.03. The molecule has 78 valence electrons. The van der Waals surface area contributed by atoms with Crippen molar-refractivity contribution in [3.8, 4) is 0 Å². The molecular formula is C10H22N2S. The second-order valence-corrected chi connectivity index (χ2v) is 4.35. The lowest BCUT2D eigenvalue weighted by molar-refractivity contribution is 0.574. The Morgan fingerprint density at radius 2 is 1.92 bits per heavy atom. The molecule has 0 heterocycles. The SMILES string of the molecule is CCCC(C)NC(=S)NCC(C)C. The normalized spacial score (nSPS) is 12.7. The van der Waals surface area contributed by atoms with Gasteiger partial charge >= 0.3 is 0 Å². The second-order valence-electron chi connectivity index (χ2n) is 3.94. The topological polar surface area (TPSA) is 24.1 Å². The summed E-state index contributed by atoms with van der Waals surface area (Å²) >= 11 is 5.14. The molecule has 0 rings (SSSR count). The van der Waals surface area contributed by atoms with E-state index in [1.54, 1.807) is 0 Å². The minimum atomic E-state index is 0.483. The Kier molecular flexibility index (Phi) is 6.96. The highest BCUT2D eigenvalue weighted by Gasteiger charge is 2.02. The van der Waals surface area contributed by atoms with Crippen molar-refractivity contribution >= 4 is 17.3 Å². The molecule has 2 nitrogen and oxygen atoms in total. The lowest BCUT2D eigenvalue weighted by Gasteiger charge is -2.17. The first kappa shape index (κ1) is 12.7. The van der Waals surface area contributed by atoms with Crippen LogP contribution in [-0.2, 0) is 0 Å². The van der Waals surface area contributed by atoms with E-state index in [0.717, 1.165) is 11.7 Å². The summed E-state index contributed by atoms with van der Waals surface area (Å²) in [5.41, 5.74) is 0. The lowest BCUT2D eigenvalue weighted by Crippen LogP contribution is -2.41. The number of thiocarbonyl (C=S) groups is 1. The molecule has 1 unspecified atom stereocenters. The number of hydrogen-bond acceptors (Lipinski definition) is 1. The molecule has 0 spiro atoms. The van der Waals surface area contributed by atoms with Crippen molar-refractivity contribution in [1.29, 1.82) is 0 Å². The Bertz CT molecular complexity index is 146. The van der Waals surface area contributed by atoms with E-state index in [-0.39, 0.29) is 0 Å². The third-order valence-corrected chi connectivity index (χ3v) is 2.03. The van der Waals surface area contributed by atoms with Crippen LogP contribution in [0.1, 0.15) is 40.5 Å². The van der Waals surface area contributed by atoms with Gasteiger partial charge in [-0.3, -0.25) is 0 Å². The van der Waals surface area contributed by atoms with Gasteiger partial charge in [-0.1, -0.05) is 27.2 Å². The lowest BCUT2D eigenvalue weighted by atomic mass is 10.2. The summed E-state index contributed by atoms with van der Waals surface area (Å²) < 4.78 is 0. The van der Waals surface area contributed by atoms with Gasteiger partial charge in [-0.25, -0.2) is 0 Å². The molecule has 0 amide bonds. The predicted molar refractivity (Wildman–Crippen MR) is 62.9 cm³/mol. The zero-order valence-corrected chi connectivity index (χ0v) is 10.0. The highest BCUT2D eigenvalue weighted by molar-refractivity contribution is 7.80. The van der Waals surface area contributed by atoms with Crippen molar-refractivity contribution in [3.05, 3.63) is 0 Å². The van der Waals surface area contributed by atoms with Gasteiger partial charge in [0.2, 0.25) is 0 Å². The van der Waals surface area contributed by atoms with E-state index in [9.17, 15) is 0 Å². The maximum absolute atomic E-state index is 5.14. The van der Waals surface area contributed by atoms with Gasteiger partial charge in [0, 0.05) is 12.6 Å². The molecule has 0 aliphatic carbocycles. The average Bonchev–Trinajstić information content (AvgIpc) is 2.01. The van der Waals surface area contributed by atoms with Gasteiger partial charge in [0.15, 0.2) is 5.11 Å². The maximum atomic E-state index is 5.14. The maximum Gasteiger partial charge on any atom is 0.166 e. The summed E-state index contributed by atoms with van der Waals surface area (Å²) in [4.78, 5) is 0. The monoisotopic (exact) mass is 202 g/mol. The van der Waals surface area contributed by atoms with E-state index in [1.807, 2.05) is 0 Å². The fraction of sp³-hybridized carbons (Fsp3) is 0.900. The zero-order chi connectivity index (χ0) is 10.3. The molecule has 0 saturated carbocycles. The fourth-order valence-electron chi connectivity index (χ4n) is 1.08. The van der Waals surface area contributed by atoms with E-state index < -0.39 is 0 Å². The number of hydrogen-bond donors (Lipinski definition) is 2.